The molecule has 1 fully saturated rings. The van der Waals surface area contributed by atoms with Gasteiger partial charge in [-0.15, -0.1) is 0 Å². The Labute approximate surface area is 95.7 Å². The topological polar surface area (TPSA) is 46.9 Å². The van der Waals surface area contributed by atoms with Crippen molar-refractivity contribution in [1.82, 2.24) is 14.9 Å². The fourth-order valence-electron chi connectivity index (χ4n) is 2.18. The van der Waals surface area contributed by atoms with Gasteiger partial charge < -0.3 is 5.32 Å². The van der Waals surface area contributed by atoms with Crippen molar-refractivity contribution in [2.45, 2.75) is 32.7 Å². The van der Waals surface area contributed by atoms with Crippen LogP contribution in [0.1, 0.15) is 25.0 Å². The number of nitrogens with zero attached hydrogens (tertiary/aromatic N) is 2. The molecule has 1 unspecified atom stereocenters. The zero-order valence-corrected chi connectivity index (χ0v) is 9.78. The molecule has 0 bridgehead atoms. The molecule has 88 valence electrons. The minimum Gasteiger partial charge on any atom is -0.316 e. The largest absolute Gasteiger partial charge is 0.316 e. The van der Waals surface area contributed by atoms with E-state index < -0.39 is 0 Å². The van der Waals surface area contributed by atoms with Crippen LogP contribution in [-0.2, 0) is 6.54 Å². The molecule has 0 aliphatic carbocycles. The van der Waals surface area contributed by atoms with Gasteiger partial charge >= 0.3 is 0 Å². The maximum atomic E-state index is 11.6. The minimum absolute atomic E-state index is 0.0660. The fraction of sp³-hybridized carbons (Fsp3) is 0.667. The van der Waals surface area contributed by atoms with Crippen LogP contribution >= 0.6 is 0 Å². The number of aromatic nitrogens is 2. The molecule has 4 heteroatoms. The van der Waals surface area contributed by atoms with E-state index in [-0.39, 0.29) is 5.56 Å². The SMILES string of the molecule is Cc1cc(=O)n(CCC2CCCNC2)cn1. The molecule has 16 heavy (non-hydrogen) atoms. The molecule has 2 rings (SSSR count). The van der Waals surface area contributed by atoms with Gasteiger partial charge in [-0.3, -0.25) is 9.36 Å². The third kappa shape index (κ3) is 2.92. The van der Waals surface area contributed by atoms with Crippen molar-refractivity contribution >= 4 is 0 Å². The Kier molecular flexibility index (Phi) is 3.72. The van der Waals surface area contributed by atoms with E-state index in [1.54, 1.807) is 17.0 Å². The van der Waals surface area contributed by atoms with E-state index in [0.717, 1.165) is 31.7 Å². The Morgan fingerprint density at radius 1 is 1.62 bits per heavy atom. The Bertz CT molecular complexity index is 393. The maximum absolute atomic E-state index is 11.6. The molecule has 1 atom stereocenters. The highest BCUT2D eigenvalue weighted by atomic mass is 16.1. The third-order valence-electron chi connectivity index (χ3n) is 3.19. The van der Waals surface area contributed by atoms with Crippen molar-refractivity contribution in [1.29, 1.82) is 0 Å². The van der Waals surface area contributed by atoms with Crippen molar-refractivity contribution in [3.05, 3.63) is 28.4 Å². The second kappa shape index (κ2) is 5.25. The van der Waals surface area contributed by atoms with Crippen LogP contribution in [0.15, 0.2) is 17.2 Å². The standard InChI is InChI=1S/C12H19N3O/c1-10-7-12(16)15(9-14-10)6-4-11-3-2-5-13-8-11/h7,9,11,13H,2-6,8H2,1H3. The predicted octanol–water partition coefficient (Wildman–Crippen LogP) is 0.941. The van der Waals surface area contributed by atoms with Gasteiger partial charge in [-0.25, -0.2) is 4.98 Å². The highest BCUT2D eigenvalue weighted by Gasteiger charge is 2.12. The number of nitrogens with one attached hydrogen (secondary N) is 1. The number of piperidine rings is 1. The van der Waals surface area contributed by atoms with Crippen molar-refractivity contribution in [2.75, 3.05) is 13.1 Å². The molecule has 0 radical (unpaired) electrons. The molecule has 1 saturated heterocycles. The number of aryl methyl sites for hydroxylation is 2. The van der Waals surface area contributed by atoms with Crippen molar-refractivity contribution in [2.24, 2.45) is 5.92 Å². The summed E-state index contributed by atoms with van der Waals surface area (Å²) in [6.45, 7) is 4.87. The minimum atomic E-state index is 0.0660. The van der Waals surface area contributed by atoms with E-state index >= 15 is 0 Å². The second-order valence-electron chi connectivity index (χ2n) is 4.56. The summed E-state index contributed by atoms with van der Waals surface area (Å²) in [7, 11) is 0. The Morgan fingerprint density at radius 3 is 3.19 bits per heavy atom. The summed E-state index contributed by atoms with van der Waals surface area (Å²) in [5, 5.41) is 3.39. The smallest absolute Gasteiger partial charge is 0.253 e. The lowest BCUT2D eigenvalue weighted by molar-refractivity contribution is 0.339. The van der Waals surface area contributed by atoms with Gasteiger partial charge in [0.15, 0.2) is 0 Å². The summed E-state index contributed by atoms with van der Waals surface area (Å²) in [4.78, 5) is 15.8. The Morgan fingerprint density at radius 2 is 2.50 bits per heavy atom. The predicted molar refractivity (Wildman–Crippen MR) is 63.4 cm³/mol. The average molecular weight is 221 g/mol. The van der Waals surface area contributed by atoms with Crippen molar-refractivity contribution < 1.29 is 0 Å². The molecular weight excluding hydrogens is 202 g/mol. The van der Waals surface area contributed by atoms with E-state index in [1.807, 2.05) is 6.92 Å². The molecule has 0 saturated carbocycles. The molecule has 1 aliphatic rings. The molecular formula is C12H19N3O. The van der Waals surface area contributed by atoms with Crippen LogP contribution in [-0.4, -0.2) is 22.6 Å². The summed E-state index contributed by atoms with van der Waals surface area (Å²) in [6, 6.07) is 1.60. The molecule has 1 aliphatic heterocycles. The molecule has 1 aromatic heterocycles. The third-order valence-corrected chi connectivity index (χ3v) is 3.19. The lowest BCUT2D eigenvalue weighted by Crippen LogP contribution is -2.31. The van der Waals surface area contributed by atoms with Crippen LogP contribution in [0.3, 0.4) is 0 Å². The molecule has 1 N–H and O–H groups in total. The quantitative estimate of drug-likeness (QED) is 0.826. The molecule has 4 nitrogen and oxygen atoms in total. The van der Waals surface area contributed by atoms with Crippen molar-refractivity contribution in [3.8, 4) is 0 Å². The van der Waals surface area contributed by atoms with Gasteiger partial charge in [0.05, 0.1) is 6.33 Å². The molecule has 0 spiro atoms. The van der Waals surface area contributed by atoms with Crippen LogP contribution in [0.4, 0.5) is 0 Å². The highest BCUT2D eigenvalue weighted by Crippen LogP contribution is 2.14. The van der Waals surface area contributed by atoms with E-state index in [2.05, 4.69) is 10.3 Å². The summed E-state index contributed by atoms with van der Waals surface area (Å²) < 4.78 is 1.71. The molecule has 0 aromatic carbocycles. The number of rotatable bonds is 3. The van der Waals surface area contributed by atoms with E-state index in [1.165, 1.54) is 12.8 Å². The summed E-state index contributed by atoms with van der Waals surface area (Å²) >= 11 is 0. The first-order valence-electron chi connectivity index (χ1n) is 5.99. The number of hydrogen-bond donors (Lipinski definition) is 1. The fourth-order valence-corrected chi connectivity index (χ4v) is 2.18. The first-order valence-corrected chi connectivity index (χ1v) is 5.99. The van der Waals surface area contributed by atoms with Gasteiger partial charge in [0, 0.05) is 18.3 Å². The average Bonchev–Trinajstić information content (AvgIpc) is 2.29. The monoisotopic (exact) mass is 221 g/mol. The van der Waals surface area contributed by atoms with Gasteiger partial charge in [-0.2, -0.15) is 0 Å². The zero-order chi connectivity index (χ0) is 11.4. The summed E-state index contributed by atoms with van der Waals surface area (Å²) in [5.74, 6) is 0.710. The van der Waals surface area contributed by atoms with Gasteiger partial charge in [0.1, 0.15) is 0 Å². The zero-order valence-electron chi connectivity index (χ0n) is 9.78. The normalized spacial score (nSPS) is 20.9. The van der Waals surface area contributed by atoms with Crippen LogP contribution in [0, 0.1) is 12.8 Å². The summed E-state index contributed by atoms with van der Waals surface area (Å²) in [6.07, 6.45) is 5.26. The van der Waals surface area contributed by atoms with Gasteiger partial charge in [0.25, 0.3) is 5.56 Å². The first-order chi connectivity index (χ1) is 7.75. The van der Waals surface area contributed by atoms with Gasteiger partial charge in [-0.05, 0) is 45.2 Å². The Balaban J connectivity index is 1.91. The van der Waals surface area contributed by atoms with E-state index in [4.69, 9.17) is 0 Å². The van der Waals surface area contributed by atoms with Crippen LogP contribution in [0.5, 0.6) is 0 Å². The lowest BCUT2D eigenvalue weighted by Gasteiger charge is -2.22. The van der Waals surface area contributed by atoms with Crippen LogP contribution < -0.4 is 10.9 Å². The van der Waals surface area contributed by atoms with E-state index in [0.29, 0.717) is 5.92 Å². The molecule has 1 aromatic rings. The van der Waals surface area contributed by atoms with E-state index in [9.17, 15) is 4.79 Å². The number of hydrogen-bond acceptors (Lipinski definition) is 3. The van der Waals surface area contributed by atoms with Gasteiger partial charge in [0.2, 0.25) is 0 Å². The highest BCUT2D eigenvalue weighted by molar-refractivity contribution is 4.95. The maximum Gasteiger partial charge on any atom is 0.253 e. The first kappa shape index (κ1) is 11.3. The summed E-state index contributed by atoms with van der Waals surface area (Å²) in [5.41, 5.74) is 0.858. The lowest BCUT2D eigenvalue weighted by atomic mass is 9.96. The van der Waals surface area contributed by atoms with Crippen molar-refractivity contribution in [3.63, 3.8) is 0 Å². The van der Waals surface area contributed by atoms with Crippen LogP contribution in [0.25, 0.3) is 0 Å². The van der Waals surface area contributed by atoms with Gasteiger partial charge in [-0.1, -0.05) is 0 Å². The molecule has 2 heterocycles. The second-order valence-corrected chi connectivity index (χ2v) is 4.56. The molecule has 0 amide bonds. The van der Waals surface area contributed by atoms with Crippen LogP contribution in [0.2, 0.25) is 0 Å². The Hall–Kier alpha value is -1.16.